The largest absolute Gasteiger partial charge is 0.356 e. The molecule has 0 radical (unpaired) electrons. The number of unbranched alkanes of at least 4 members (excludes halogenated alkanes) is 1. The molecule has 1 N–H and O–H groups in total. The van der Waals surface area contributed by atoms with Gasteiger partial charge >= 0.3 is 0 Å². The van der Waals surface area contributed by atoms with Crippen molar-refractivity contribution < 1.29 is 4.79 Å². The van der Waals surface area contributed by atoms with Crippen LogP contribution in [0.5, 0.6) is 0 Å². The summed E-state index contributed by atoms with van der Waals surface area (Å²) in [5.74, 6) is 1.11. The van der Waals surface area contributed by atoms with Gasteiger partial charge in [0.15, 0.2) is 0 Å². The second kappa shape index (κ2) is 8.75. The molecule has 0 aromatic rings. The molecule has 0 aliphatic heterocycles. The zero-order chi connectivity index (χ0) is 11.7. The maximum atomic E-state index is 11.5. The highest BCUT2D eigenvalue weighted by Crippen LogP contribution is 2.10. The summed E-state index contributed by atoms with van der Waals surface area (Å²) >= 11 is 0. The minimum absolute atomic E-state index is 0.163. The van der Waals surface area contributed by atoms with Crippen molar-refractivity contribution in [1.82, 2.24) is 5.32 Å². The average Bonchev–Trinajstić information content (AvgIpc) is 2.24. The summed E-state index contributed by atoms with van der Waals surface area (Å²) in [6.45, 7) is 9.36. The van der Waals surface area contributed by atoms with Crippen molar-refractivity contribution in [1.29, 1.82) is 0 Å². The normalized spacial score (nSPS) is 14.7. The molecule has 0 fully saturated rings. The zero-order valence-corrected chi connectivity index (χ0v) is 10.8. The first-order chi connectivity index (χ1) is 7.11. The van der Waals surface area contributed by atoms with E-state index in [0.717, 1.165) is 25.3 Å². The molecular weight excluding hydrogens is 186 g/mol. The fourth-order valence-electron chi connectivity index (χ4n) is 1.50. The lowest BCUT2D eigenvalue weighted by atomic mass is 10.0. The fourth-order valence-corrected chi connectivity index (χ4v) is 1.50. The molecule has 15 heavy (non-hydrogen) atoms. The third-order valence-corrected chi connectivity index (χ3v) is 3.05. The molecule has 0 spiro atoms. The van der Waals surface area contributed by atoms with Crippen molar-refractivity contribution in [3.05, 3.63) is 0 Å². The number of carbonyl (C=O) groups excluding carboxylic acids is 1. The molecule has 0 heterocycles. The van der Waals surface area contributed by atoms with E-state index in [1.54, 1.807) is 0 Å². The Morgan fingerprint density at radius 2 is 1.87 bits per heavy atom. The Labute approximate surface area is 94.8 Å². The molecule has 0 aromatic carbocycles. The molecule has 2 unspecified atom stereocenters. The van der Waals surface area contributed by atoms with Gasteiger partial charge in [0.1, 0.15) is 0 Å². The first-order valence-corrected chi connectivity index (χ1v) is 6.39. The van der Waals surface area contributed by atoms with E-state index >= 15 is 0 Å². The van der Waals surface area contributed by atoms with E-state index in [0.29, 0.717) is 0 Å². The highest BCUT2D eigenvalue weighted by atomic mass is 16.1. The van der Waals surface area contributed by atoms with Crippen LogP contribution in [-0.4, -0.2) is 12.5 Å². The van der Waals surface area contributed by atoms with Gasteiger partial charge < -0.3 is 5.32 Å². The van der Waals surface area contributed by atoms with Crippen molar-refractivity contribution in [3.8, 4) is 0 Å². The third kappa shape index (κ3) is 7.40. The number of amides is 1. The van der Waals surface area contributed by atoms with E-state index in [4.69, 9.17) is 0 Å². The third-order valence-electron chi connectivity index (χ3n) is 3.05. The van der Waals surface area contributed by atoms with Gasteiger partial charge in [0.25, 0.3) is 0 Å². The fraction of sp³-hybridized carbons (Fsp3) is 0.923. The van der Waals surface area contributed by atoms with Gasteiger partial charge in [0.05, 0.1) is 0 Å². The highest BCUT2D eigenvalue weighted by molar-refractivity contribution is 5.78. The van der Waals surface area contributed by atoms with Crippen LogP contribution in [0, 0.1) is 11.8 Å². The van der Waals surface area contributed by atoms with Crippen molar-refractivity contribution in [2.45, 2.75) is 59.8 Å². The molecule has 2 atom stereocenters. The van der Waals surface area contributed by atoms with Crippen molar-refractivity contribution in [2.24, 2.45) is 11.8 Å². The lowest BCUT2D eigenvalue weighted by molar-refractivity contribution is -0.124. The summed E-state index contributed by atoms with van der Waals surface area (Å²) < 4.78 is 0. The van der Waals surface area contributed by atoms with Crippen LogP contribution in [0.4, 0.5) is 0 Å². The van der Waals surface area contributed by atoms with Crippen molar-refractivity contribution in [3.63, 3.8) is 0 Å². The standard InChI is InChI=1S/C13H27NO/c1-5-7-8-11(3)9-10-14-13(15)12(4)6-2/h11-12H,5-10H2,1-4H3,(H,14,15). The molecule has 0 saturated carbocycles. The molecule has 0 saturated heterocycles. The predicted octanol–water partition coefficient (Wildman–Crippen LogP) is 3.37. The molecule has 1 amide bonds. The van der Waals surface area contributed by atoms with E-state index in [1.807, 2.05) is 13.8 Å². The van der Waals surface area contributed by atoms with E-state index in [2.05, 4.69) is 19.2 Å². The van der Waals surface area contributed by atoms with Gasteiger partial charge in [0, 0.05) is 12.5 Å². The Kier molecular flexibility index (Phi) is 8.44. The Morgan fingerprint density at radius 3 is 2.40 bits per heavy atom. The van der Waals surface area contributed by atoms with E-state index in [-0.39, 0.29) is 11.8 Å². The maximum Gasteiger partial charge on any atom is 0.222 e. The van der Waals surface area contributed by atoms with Gasteiger partial charge in [-0.2, -0.15) is 0 Å². The number of rotatable bonds is 8. The lowest BCUT2D eigenvalue weighted by Crippen LogP contribution is -2.30. The topological polar surface area (TPSA) is 29.1 Å². The summed E-state index contributed by atoms with van der Waals surface area (Å²) in [6, 6.07) is 0. The molecule has 2 nitrogen and oxygen atoms in total. The van der Waals surface area contributed by atoms with Gasteiger partial charge in [-0.25, -0.2) is 0 Å². The van der Waals surface area contributed by atoms with Gasteiger partial charge in [0.2, 0.25) is 5.91 Å². The average molecular weight is 213 g/mol. The minimum Gasteiger partial charge on any atom is -0.356 e. The van der Waals surface area contributed by atoms with Gasteiger partial charge in [-0.1, -0.05) is 47.0 Å². The monoisotopic (exact) mass is 213 g/mol. The van der Waals surface area contributed by atoms with Crippen LogP contribution < -0.4 is 5.32 Å². The Bertz CT molecular complexity index is 168. The minimum atomic E-state index is 0.163. The van der Waals surface area contributed by atoms with Gasteiger partial charge in [-0.15, -0.1) is 0 Å². The summed E-state index contributed by atoms with van der Waals surface area (Å²) in [6.07, 6.45) is 5.90. The summed E-state index contributed by atoms with van der Waals surface area (Å²) in [4.78, 5) is 11.5. The number of nitrogens with one attached hydrogen (secondary N) is 1. The van der Waals surface area contributed by atoms with Crippen molar-refractivity contribution in [2.75, 3.05) is 6.54 Å². The smallest absolute Gasteiger partial charge is 0.222 e. The van der Waals surface area contributed by atoms with Gasteiger partial charge in [-0.3, -0.25) is 4.79 Å². The van der Waals surface area contributed by atoms with E-state index in [1.165, 1.54) is 19.3 Å². The zero-order valence-electron chi connectivity index (χ0n) is 10.8. The SMILES string of the molecule is CCCCC(C)CCNC(=O)C(C)CC. The quantitative estimate of drug-likeness (QED) is 0.658. The van der Waals surface area contributed by atoms with Crippen molar-refractivity contribution >= 4 is 5.91 Å². The van der Waals surface area contributed by atoms with Crippen LogP contribution in [0.3, 0.4) is 0 Å². The van der Waals surface area contributed by atoms with Crippen LogP contribution in [0.15, 0.2) is 0 Å². The summed E-state index contributed by atoms with van der Waals surface area (Å²) in [7, 11) is 0. The van der Waals surface area contributed by atoms with Crippen LogP contribution in [0.25, 0.3) is 0 Å². The van der Waals surface area contributed by atoms with Crippen LogP contribution >= 0.6 is 0 Å². The first-order valence-electron chi connectivity index (χ1n) is 6.39. The van der Waals surface area contributed by atoms with Crippen LogP contribution in [-0.2, 0) is 4.79 Å². The second-order valence-electron chi connectivity index (χ2n) is 4.64. The molecular formula is C13H27NO. The maximum absolute atomic E-state index is 11.5. The van der Waals surface area contributed by atoms with E-state index in [9.17, 15) is 4.79 Å². The first kappa shape index (κ1) is 14.5. The molecule has 2 heteroatoms. The van der Waals surface area contributed by atoms with Gasteiger partial charge in [-0.05, 0) is 18.8 Å². The Hall–Kier alpha value is -0.530. The number of carbonyl (C=O) groups is 1. The molecule has 0 rings (SSSR count). The number of hydrogen-bond donors (Lipinski definition) is 1. The Morgan fingerprint density at radius 1 is 1.20 bits per heavy atom. The molecule has 0 aliphatic carbocycles. The molecule has 0 bridgehead atoms. The highest BCUT2D eigenvalue weighted by Gasteiger charge is 2.09. The van der Waals surface area contributed by atoms with Crippen LogP contribution in [0.1, 0.15) is 59.8 Å². The lowest BCUT2D eigenvalue weighted by Gasteiger charge is -2.13. The van der Waals surface area contributed by atoms with E-state index < -0.39 is 0 Å². The predicted molar refractivity (Wildman–Crippen MR) is 65.8 cm³/mol. The van der Waals surface area contributed by atoms with Crippen LogP contribution in [0.2, 0.25) is 0 Å². The molecule has 90 valence electrons. The second-order valence-corrected chi connectivity index (χ2v) is 4.64. The summed E-state index contributed by atoms with van der Waals surface area (Å²) in [5.41, 5.74) is 0. The molecule has 0 aromatic heterocycles. The summed E-state index contributed by atoms with van der Waals surface area (Å²) in [5, 5.41) is 3.00. The number of hydrogen-bond acceptors (Lipinski definition) is 1. The Balaban J connectivity index is 3.48. The molecule has 0 aliphatic rings.